The van der Waals surface area contributed by atoms with Crippen LogP contribution in [0.1, 0.15) is 21.5 Å². The highest BCUT2D eigenvalue weighted by atomic mass is 16.7. The number of carbonyl (C=O) groups is 3. The van der Waals surface area contributed by atoms with E-state index in [4.69, 9.17) is 9.47 Å². The Labute approximate surface area is 196 Å². The van der Waals surface area contributed by atoms with Crippen molar-refractivity contribution in [2.75, 3.05) is 6.79 Å². The molecule has 4 rings (SSSR count). The molecule has 0 saturated heterocycles. The van der Waals surface area contributed by atoms with Crippen molar-refractivity contribution in [3.8, 4) is 11.5 Å². The van der Waals surface area contributed by atoms with Crippen molar-refractivity contribution < 1.29 is 29.0 Å². The molecule has 174 valence electrons. The van der Waals surface area contributed by atoms with Crippen molar-refractivity contribution in [3.63, 3.8) is 0 Å². The first kappa shape index (κ1) is 22.8. The number of benzene rings is 3. The van der Waals surface area contributed by atoms with Crippen LogP contribution >= 0.6 is 0 Å². The highest BCUT2D eigenvalue weighted by molar-refractivity contribution is 5.98. The molecule has 34 heavy (non-hydrogen) atoms. The third kappa shape index (κ3) is 5.72. The normalized spacial score (nSPS) is 13.5. The maximum absolute atomic E-state index is 13.2. The zero-order chi connectivity index (χ0) is 23.9. The summed E-state index contributed by atoms with van der Waals surface area (Å²) in [7, 11) is 0. The van der Waals surface area contributed by atoms with E-state index >= 15 is 0 Å². The second-order valence-corrected chi connectivity index (χ2v) is 7.85. The van der Waals surface area contributed by atoms with Gasteiger partial charge in [0.2, 0.25) is 12.7 Å². The van der Waals surface area contributed by atoms with E-state index < -0.39 is 29.9 Å². The Bertz CT molecular complexity index is 1170. The van der Waals surface area contributed by atoms with Crippen molar-refractivity contribution in [1.82, 2.24) is 10.6 Å². The molecule has 0 radical (unpaired) electrons. The Morgan fingerprint density at radius 3 is 2.12 bits per heavy atom. The van der Waals surface area contributed by atoms with Crippen LogP contribution in [0.25, 0.3) is 0 Å². The summed E-state index contributed by atoms with van der Waals surface area (Å²) in [6.07, 6.45) is 0.171. The predicted octanol–water partition coefficient (Wildman–Crippen LogP) is 1.23. The number of rotatable bonds is 9. The molecule has 0 aromatic heterocycles. The Balaban J connectivity index is 1.53. The van der Waals surface area contributed by atoms with Gasteiger partial charge in [-0.25, -0.2) is 0 Å². The maximum Gasteiger partial charge on any atom is 0.251 e. The highest BCUT2D eigenvalue weighted by Crippen LogP contribution is 2.32. The van der Waals surface area contributed by atoms with Crippen molar-refractivity contribution in [3.05, 3.63) is 95.6 Å². The molecule has 0 fully saturated rings. The van der Waals surface area contributed by atoms with Crippen LogP contribution in [0.15, 0.2) is 78.9 Å². The number of ether oxygens (including phenoxy) is 2. The van der Waals surface area contributed by atoms with E-state index in [0.29, 0.717) is 22.6 Å². The second-order valence-electron chi connectivity index (χ2n) is 7.85. The topological polar surface area (TPSA) is 117 Å². The standard InChI is InChI=1S/C26H24N2O6/c29-24(19-9-5-2-6-10-19)27-20(14-18-11-12-22-23(15-18)34-16-33-22)25(30)28-21(26(31)32)13-17-7-3-1-4-8-17/h1-12,15,20-21H,13-14,16H2,(H,27,29)(H,28,30)(H,31,32)/p-1/t20-,21+/m0/s1. The number of fused-ring (bicyclic) bond motifs is 1. The summed E-state index contributed by atoms with van der Waals surface area (Å²) in [4.78, 5) is 37.7. The molecule has 2 amide bonds. The van der Waals surface area contributed by atoms with Crippen LogP contribution < -0.4 is 25.2 Å². The molecule has 2 atom stereocenters. The van der Waals surface area contributed by atoms with Crippen molar-refractivity contribution in [2.24, 2.45) is 0 Å². The summed E-state index contributed by atoms with van der Waals surface area (Å²) < 4.78 is 10.7. The lowest BCUT2D eigenvalue weighted by molar-refractivity contribution is -0.308. The molecule has 0 saturated carbocycles. The molecule has 8 nitrogen and oxygen atoms in total. The minimum absolute atomic E-state index is 0.0539. The molecule has 0 unspecified atom stereocenters. The first-order chi connectivity index (χ1) is 16.5. The molecular formula is C26H23N2O6-. The van der Waals surface area contributed by atoms with Gasteiger partial charge in [-0.15, -0.1) is 0 Å². The van der Waals surface area contributed by atoms with Crippen LogP contribution in [0.5, 0.6) is 11.5 Å². The van der Waals surface area contributed by atoms with Gasteiger partial charge in [0.05, 0.1) is 12.0 Å². The van der Waals surface area contributed by atoms with Gasteiger partial charge < -0.3 is 30.0 Å². The third-order valence-electron chi connectivity index (χ3n) is 5.42. The number of hydrogen-bond donors (Lipinski definition) is 2. The number of carboxylic acids is 1. The van der Waals surface area contributed by atoms with E-state index in [1.807, 2.05) is 6.07 Å². The summed E-state index contributed by atoms with van der Waals surface area (Å²) in [6.45, 7) is 0.111. The Morgan fingerprint density at radius 2 is 1.41 bits per heavy atom. The van der Waals surface area contributed by atoms with E-state index in [-0.39, 0.29) is 19.6 Å². The summed E-state index contributed by atoms with van der Waals surface area (Å²) in [6, 6.07) is 20.3. The molecule has 0 aliphatic carbocycles. The number of nitrogens with one attached hydrogen (secondary N) is 2. The summed E-state index contributed by atoms with van der Waals surface area (Å²) in [5.41, 5.74) is 1.83. The lowest BCUT2D eigenvalue weighted by atomic mass is 10.0. The quantitative estimate of drug-likeness (QED) is 0.497. The Morgan fingerprint density at radius 1 is 0.765 bits per heavy atom. The fraction of sp³-hybridized carbons (Fsp3) is 0.192. The number of amides is 2. The zero-order valence-electron chi connectivity index (χ0n) is 18.2. The van der Waals surface area contributed by atoms with Crippen LogP contribution in [0, 0.1) is 0 Å². The molecule has 2 N–H and O–H groups in total. The minimum Gasteiger partial charge on any atom is -0.548 e. The van der Waals surface area contributed by atoms with Crippen LogP contribution in [0.3, 0.4) is 0 Å². The van der Waals surface area contributed by atoms with Crippen molar-refractivity contribution >= 4 is 17.8 Å². The molecule has 0 bridgehead atoms. The van der Waals surface area contributed by atoms with Gasteiger partial charge in [-0.3, -0.25) is 9.59 Å². The second kappa shape index (κ2) is 10.5. The Kier molecular flexibility index (Phi) is 7.07. The molecule has 1 heterocycles. The van der Waals surface area contributed by atoms with E-state index in [0.717, 1.165) is 5.56 Å². The van der Waals surface area contributed by atoms with Gasteiger partial charge in [0.25, 0.3) is 5.91 Å². The number of carbonyl (C=O) groups excluding carboxylic acids is 3. The predicted molar refractivity (Wildman–Crippen MR) is 121 cm³/mol. The first-order valence-corrected chi connectivity index (χ1v) is 10.8. The smallest absolute Gasteiger partial charge is 0.251 e. The third-order valence-corrected chi connectivity index (χ3v) is 5.42. The molecule has 1 aliphatic rings. The van der Waals surface area contributed by atoms with Crippen molar-refractivity contribution in [2.45, 2.75) is 24.9 Å². The van der Waals surface area contributed by atoms with Gasteiger partial charge in [0, 0.05) is 12.0 Å². The molecule has 0 spiro atoms. The van der Waals surface area contributed by atoms with E-state index in [9.17, 15) is 19.5 Å². The van der Waals surface area contributed by atoms with Crippen molar-refractivity contribution in [1.29, 1.82) is 0 Å². The van der Waals surface area contributed by atoms with Gasteiger partial charge >= 0.3 is 0 Å². The molecule has 3 aromatic carbocycles. The number of hydrogen-bond acceptors (Lipinski definition) is 6. The summed E-state index contributed by atoms with van der Waals surface area (Å²) in [5.74, 6) is -1.35. The molecule has 8 heteroatoms. The average molecular weight is 459 g/mol. The monoisotopic (exact) mass is 459 g/mol. The van der Waals surface area contributed by atoms with Gasteiger partial charge in [-0.1, -0.05) is 54.6 Å². The van der Waals surface area contributed by atoms with E-state index in [1.54, 1.807) is 72.8 Å². The van der Waals surface area contributed by atoms with Gasteiger partial charge in [0.1, 0.15) is 6.04 Å². The number of aliphatic carboxylic acids is 1. The zero-order valence-corrected chi connectivity index (χ0v) is 18.2. The van der Waals surface area contributed by atoms with Gasteiger partial charge in [0.15, 0.2) is 11.5 Å². The number of carboxylic acid groups (broad SMARTS) is 1. The van der Waals surface area contributed by atoms with Crippen LogP contribution in [-0.4, -0.2) is 36.7 Å². The SMILES string of the molecule is O=C(N[C@@H](Cc1ccc2c(c1)OCO2)C(=O)N[C@H](Cc1ccccc1)C(=O)[O-])c1ccccc1. The first-order valence-electron chi connectivity index (χ1n) is 10.8. The van der Waals surface area contributed by atoms with Gasteiger partial charge in [-0.2, -0.15) is 0 Å². The molecular weight excluding hydrogens is 436 g/mol. The lowest BCUT2D eigenvalue weighted by Crippen LogP contribution is -2.55. The lowest BCUT2D eigenvalue weighted by Gasteiger charge is -2.24. The molecule has 1 aliphatic heterocycles. The van der Waals surface area contributed by atoms with Crippen LogP contribution in [0.4, 0.5) is 0 Å². The summed E-state index contributed by atoms with van der Waals surface area (Å²) in [5, 5.41) is 17.0. The fourth-order valence-electron chi connectivity index (χ4n) is 3.66. The fourth-order valence-corrected chi connectivity index (χ4v) is 3.66. The van der Waals surface area contributed by atoms with E-state index in [1.165, 1.54) is 0 Å². The maximum atomic E-state index is 13.2. The van der Waals surface area contributed by atoms with E-state index in [2.05, 4.69) is 10.6 Å². The van der Waals surface area contributed by atoms with Gasteiger partial charge in [-0.05, 0) is 41.8 Å². The van der Waals surface area contributed by atoms with Crippen LogP contribution in [-0.2, 0) is 22.4 Å². The minimum atomic E-state index is -1.41. The average Bonchev–Trinajstić information content (AvgIpc) is 3.32. The van der Waals surface area contributed by atoms with Crippen LogP contribution in [0.2, 0.25) is 0 Å². The summed E-state index contributed by atoms with van der Waals surface area (Å²) >= 11 is 0. The Hall–Kier alpha value is -4.33. The molecule has 3 aromatic rings. The largest absolute Gasteiger partial charge is 0.548 e. The highest BCUT2D eigenvalue weighted by Gasteiger charge is 2.26.